The second kappa shape index (κ2) is 3.94. The molecule has 0 saturated heterocycles. The third-order valence-electron chi connectivity index (χ3n) is 2.26. The zero-order chi connectivity index (χ0) is 11.0. The molecule has 2 nitrogen and oxygen atoms in total. The number of aromatic nitrogens is 2. The number of H-pyrrole nitrogens is 1. The second-order valence-corrected chi connectivity index (χ2v) is 4.16. The van der Waals surface area contributed by atoms with Crippen LogP contribution < -0.4 is 0 Å². The van der Waals surface area contributed by atoms with Crippen molar-refractivity contribution < 1.29 is 4.39 Å². The topological polar surface area (TPSA) is 20.7 Å². The van der Waals surface area contributed by atoms with Gasteiger partial charge >= 0.3 is 0 Å². The van der Waals surface area contributed by atoms with E-state index in [2.05, 4.69) is 4.98 Å². The van der Waals surface area contributed by atoms with Gasteiger partial charge in [0.05, 0.1) is 16.1 Å². The Balaban J connectivity index is 2.76. The van der Waals surface area contributed by atoms with Crippen LogP contribution in [0.2, 0.25) is 5.02 Å². The summed E-state index contributed by atoms with van der Waals surface area (Å²) in [4.78, 5) is 3.01. The van der Waals surface area contributed by atoms with Crippen molar-refractivity contribution in [2.45, 2.75) is 19.9 Å². The summed E-state index contributed by atoms with van der Waals surface area (Å²) in [6, 6.07) is 2.98. The number of rotatable bonds is 2. The predicted octanol–water partition coefficient (Wildman–Crippen LogP) is 3.90. The molecular weight excluding hydrogens is 235 g/mol. The third-order valence-corrected chi connectivity index (χ3v) is 2.88. The number of hydrogen-bond donors (Lipinski definition) is 1. The molecule has 0 aliphatic carbocycles. The molecule has 0 saturated carbocycles. The Kier molecular flexibility index (Phi) is 2.80. The highest BCUT2D eigenvalue weighted by molar-refractivity contribution is 7.71. The van der Waals surface area contributed by atoms with Crippen molar-refractivity contribution in [3.05, 3.63) is 27.7 Å². The molecule has 0 atom stereocenters. The van der Waals surface area contributed by atoms with Crippen LogP contribution in [0.3, 0.4) is 0 Å². The Labute approximate surface area is 96.7 Å². The van der Waals surface area contributed by atoms with Crippen LogP contribution in [0.15, 0.2) is 12.1 Å². The van der Waals surface area contributed by atoms with Crippen LogP contribution in [0, 0.1) is 10.6 Å². The smallest absolute Gasteiger partial charge is 0.178 e. The van der Waals surface area contributed by atoms with Crippen molar-refractivity contribution in [2.24, 2.45) is 0 Å². The number of fused-ring (bicyclic) bond motifs is 1. The monoisotopic (exact) mass is 244 g/mol. The van der Waals surface area contributed by atoms with Gasteiger partial charge in [-0.3, -0.25) is 0 Å². The molecule has 0 fully saturated rings. The lowest BCUT2D eigenvalue weighted by Crippen LogP contribution is -1.96. The van der Waals surface area contributed by atoms with Crippen molar-refractivity contribution in [1.29, 1.82) is 0 Å². The SMILES string of the molecule is CCCn1c(=S)[nH]c2cc(Cl)c(F)cc21. The maximum absolute atomic E-state index is 13.3. The maximum Gasteiger partial charge on any atom is 0.178 e. The molecule has 80 valence electrons. The van der Waals surface area contributed by atoms with E-state index >= 15 is 0 Å². The molecule has 2 aromatic rings. The van der Waals surface area contributed by atoms with Gasteiger partial charge < -0.3 is 9.55 Å². The van der Waals surface area contributed by atoms with Gasteiger partial charge in [-0.1, -0.05) is 18.5 Å². The summed E-state index contributed by atoms with van der Waals surface area (Å²) in [6.45, 7) is 2.83. The quantitative estimate of drug-likeness (QED) is 0.795. The molecule has 2 rings (SSSR count). The van der Waals surface area contributed by atoms with E-state index in [9.17, 15) is 4.39 Å². The van der Waals surface area contributed by atoms with Crippen LogP contribution in [0.5, 0.6) is 0 Å². The van der Waals surface area contributed by atoms with Gasteiger partial charge in [0.2, 0.25) is 0 Å². The number of hydrogen-bond acceptors (Lipinski definition) is 1. The van der Waals surface area contributed by atoms with E-state index in [4.69, 9.17) is 23.8 Å². The minimum atomic E-state index is -0.414. The van der Waals surface area contributed by atoms with Gasteiger partial charge in [-0.2, -0.15) is 0 Å². The average molecular weight is 245 g/mol. The first kappa shape index (κ1) is 10.6. The van der Waals surface area contributed by atoms with Crippen LogP contribution >= 0.6 is 23.8 Å². The highest BCUT2D eigenvalue weighted by atomic mass is 35.5. The first-order valence-corrected chi connectivity index (χ1v) is 5.49. The molecule has 5 heteroatoms. The van der Waals surface area contributed by atoms with Crippen LogP contribution in [0.25, 0.3) is 11.0 Å². The number of nitrogens with one attached hydrogen (secondary N) is 1. The predicted molar refractivity (Wildman–Crippen MR) is 62.4 cm³/mol. The molecule has 1 N–H and O–H groups in total. The Morgan fingerprint density at radius 1 is 1.53 bits per heavy atom. The Bertz CT molecular complexity index is 558. The Morgan fingerprint density at radius 3 is 2.93 bits per heavy atom. The van der Waals surface area contributed by atoms with Gasteiger partial charge in [-0.05, 0) is 24.7 Å². The van der Waals surface area contributed by atoms with Crippen LogP contribution in [-0.4, -0.2) is 9.55 Å². The molecule has 0 radical (unpaired) electrons. The lowest BCUT2D eigenvalue weighted by atomic mass is 10.3. The largest absolute Gasteiger partial charge is 0.331 e. The number of aromatic amines is 1. The fourth-order valence-electron chi connectivity index (χ4n) is 1.60. The van der Waals surface area contributed by atoms with Crippen molar-refractivity contribution in [3.63, 3.8) is 0 Å². The fourth-order valence-corrected chi connectivity index (χ4v) is 2.06. The molecule has 15 heavy (non-hydrogen) atoms. The van der Waals surface area contributed by atoms with Crippen molar-refractivity contribution >= 4 is 34.9 Å². The molecule has 1 aromatic heterocycles. The molecule has 1 aromatic carbocycles. The summed E-state index contributed by atoms with van der Waals surface area (Å²) in [5.41, 5.74) is 1.55. The molecule has 0 unspecified atom stereocenters. The van der Waals surface area contributed by atoms with E-state index in [-0.39, 0.29) is 5.02 Å². The van der Waals surface area contributed by atoms with Crippen molar-refractivity contribution in [2.75, 3.05) is 0 Å². The highest BCUT2D eigenvalue weighted by Crippen LogP contribution is 2.22. The Morgan fingerprint density at radius 2 is 2.27 bits per heavy atom. The maximum atomic E-state index is 13.3. The average Bonchev–Trinajstić information content (AvgIpc) is 2.46. The van der Waals surface area contributed by atoms with E-state index < -0.39 is 5.82 Å². The summed E-state index contributed by atoms with van der Waals surface area (Å²) in [6.07, 6.45) is 0.950. The first-order valence-electron chi connectivity index (χ1n) is 4.71. The van der Waals surface area contributed by atoms with Crippen molar-refractivity contribution in [3.8, 4) is 0 Å². The van der Waals surface area contributed by atoms with Gasteiger partial charge in [0, 0.05) is 12.6 Å². The van der Waals surface area contributed by atoms with Gasteiger partial charge in [0.1, 0.15) is 5.82 Å². The minimum Gasteiger partial charge on any atom is -0.331 e. The zero-order valence-corrected chi connectivity index (χ0v) is 9.75. The van der Waals surface area contributed by atoms with Crippen LogP contribution in [-0.2, 0) is 6.54 Å². The van der Waals surface area contributed by atoms with Crippen LogP contribution in [0.4, 0.5) is 4.39 Å². The molecular formula is C10H10ClFN2S. The van der Waals surface area contributed by atoms with Crippen LogP contribution in [0.1, 0.15) is 13.3 Å². The van der Waals surface area contributed by atoms with E-state index in [1.54, 1.807) is 6.07 Å². The number of aryl methyl sites for hydroxylation is 1. The van der Waals surface area contributed by atoms with Gasteiger partial charge in [0.15, 0.2) is 4.77 Å². The highest BCUT2D eigenvalue weighted by Gasteiger charge is 2.08. The first-order chi connectivity index (χ1) is 7.13. The van der Waals surface area contributed by atoms with Gasteiger partial charge in [-0.15, -0.1) is 0 Å². The van der Waals surface area contributed by atoms with E-state index in [1.165, 1.54) is 6.07 Å². The molecule has 0 spiro atoms. The molecule has 0 amide bonds. The second-order valence-electron chi connectivity index (χ2n) is 3.37. The normalized spacial score (nSPS) is 11.1. The molecule has 0 bridgehead atoms. The zero-order valence-electron chi connectivity index (χ0n) is 8.18. The summed E-state index contributed by atoms with van der Waals surface area (Å²) in [7, 11) is 0. The van der Waals surface area contributed by atoms with E-state index in [1.807, 2.05) is 11.5 Å². The lowest BCUT2D eigenvalue weighted by molar-refractivity contribution is 0.627. The van der Waals surface area contributed by atoms with E-state index in [0.29, 0.717) is 4.77 Å². The summed E-state index contributed by atoms with van der Waals surface area (Å²) in [5.74, 6) is -0.414. The summed E-state index contributed by atoms with van der Waals surface area (Å²) < 4.78 is 15.8. The number of benzene rings is 1. The van der Waals surface area contributed by atoms with Gasteiger partial charge in [-0.25, -0.2) is 4.39 Å². The van der Waals surface area contributed by atoms with Crippen molar-refractivity contribution in [1.82, 2.24) is 9.55 Å². The molecule has 1 heterocycles. The standard InChI is InChI=1S/C10H10ClFN2S/c1-2-3-14-9-5-7(12)6(11)4-8(9)13-10(14)15/h4-5H,2-3H2,1H3,(H,13,15). The molecule has 0 aliphatic rings. The number of imidazole rings is 1. The summed E-state index contributed by atoms with van der Waals surface area (Å²) in [5, 5.41) is 0.113. The van der Waals surface area contributed by atoms with Gasteiger partial charge in [0.25, 0.3) is 0 Å². The van der Waals surface area contributed by atoms with E-state index in [0.717, 1.165) is 24.0 Å². The third kappa shape index (κ3) is 1.79. The fraction of sp³-hybridized carbons (Fsp3) is 0.300. The Hall–Kier alpha value is -0.870. The minimum absolute atomic E-state index is 0.113. The summed E-state index contributed by atoms with van der Waals surface area (Å²) >= 11 is 10.8. The number of halogens is 2. The molecule has 0 aliphatic heterocycles. The number of nitrogens with zero attached hydrogens (tertiary/aromatic N) is 1. The lowest BCUT2D eigenvalue weighted by Gasteiger charge is -2.01.